The number of hydrogen-bond acceptors (Lipinski definition) is 3. The predicted molar refractivity (Wildman–Crippen MR) is 99.4 cm³/mol. The van der Waals surface area contributed by atoms with Crippen LogP contribution in [0.4, 0.5) is 0 Å². The van der Waals surface area contributed by atoms with E-state index in [-0.39, 0.29) is 12.5 Å². The Hall–Kier alpha value is -2.64. The number of benzene rings is 2. The van der Waals surface area contributed by atoms with Crippen LogP contribution in [-0.2, 0) is 0 Å². The third-order valence-electron chi connectivity index (χ3n) is 3.24. The van der Waals surface area contributed by atoms with Crippen molar-refractivity contribution in [1.82, 2.24) is 5.32 Å². The smallest absolute Gasteiger partial charge is 0.252 e. The van der Waals surface area contributed by atoms with Gasteiger partial charge in [0, 0.05) is 11.1 Å². The van der Waals surface area contributed by atoms with Gasteiger partial charge in [-0.1, -0.05) is 35.6 Å². The highest BCUT2D eigenvalue weighted by molar-refractivity contribution is 6.31. The zero-order valence-corrected chi connectivity index (χ0v) is 15.0. The van der Waals surface area contributed by atoms with Crippen molar-refractivity contribution in [3.63, 3.8) is 0 Å². The Bertz CT molecular complexity index is 793. The van der Waals surface area contributed by atoms with Gasteiger partial charge in [0.2, 0.25) is 0 Å². The van der Waals surface area contributed by atoms with E-state index in [1.807, 2.05) is 32.0 Å². The molecule has 0 aliphatic carbocycles. The van der Waals surface area contributed by atoms with Gasteiger partial charge in [-0.25, -0.2) is 0 Å². The summed E-state index contributed by atoms with van der Waals surface area (Å²) in [6, 6.07) is 12.4. The summed E-state index contributed by atoms with van der Waals surface area (Å²) in [5.74, 6) is 6.78. The summed E-state index contributed by atoms with van der Waals surface area (Å²) >= 11 is 6.03. The van der Waals surface area contributed by atoms with Gasteiger partial charge in [0.25, 0.3) is 5.91 Å². The maximum Gasteiger partial charge on any atom is 0.252 e. The fourth-order valence-corrected chi connectivity index (χ4v) is 2.30. The van der Waals surface area contributed by atoms with E-state index in [9.17, 15) is 4.79 Å². The standard InChI is InChI=1S/C20H20ClNO3/c1-3-24-18-12-11-16(14-19(18)25-4-2)20(23)22-13-7-9-15-8-5-6-10-17(15)21/h5-6,8,10-12,14H,3-4,13H2,1-2H3,(H,22,23). The van der Waals surface area contributed by atoms with Gasteiger partial charge in [0.05, 0.1) is 24.8 Å². The molecule has 2 aromatic rings. The van der Waals surface area contributed by atoms with Crippen LogP contribution in [0.15, 0.2) is 42.5 Å². The Morgan fingerprint density at radius 3 is 2.52 bits per heavy atom. The lowest BCUT2D eigenvalue weighted by Crippen LogP contribution is -2.23. The quantitative estimate of drug-likeness (QED) is 0.797. The maximum atomic E-state index is 12.2. The van der Waals surface area contributed by atoms with E-state index < -0.39 is 0 Å². The fraction of sp³-hybridized carbons (Fsp3) is 0.250. The Balaban J connectivity index is 2.01. The molecule has 0 spiro atoms. The third kappa shape index (κ3) is 5.44. The fourth-order valence-electron chi connectivity index (χ4n) is 2.12. The van der Waals surface area contributed by atoms with Crippen molar-refractivity contribution in [3.05, 3.63) is 58.6 Å². The van der Waals surface area contributed by atoms with Gasteiger partial charge in [0.15, 0.2) is 11.5 Å². The molecule has 0 unspecified atom stereocenters. The van der Waals surface area contributed by atoms with Gasteiger partial charge in [0.1, 0.15) is 0 Å². The van der Waals surface area contributed by atoms with Crippen molar-refractivity contribution in [2.75, 3.05) is 19.8 Å². The monoisotopic (exact) mass is 357 g/mol. The van der Waals surface area contributed by atoms with Gasteiger partial charge in [-0.3, -0.25) is 4.79 Å². The number of rotatable bonds is 6. The summed E-state index contributed by atoms with van der Waals surface area (Å²) in [5.41, 5.74) is 1.23. The first-order valence-corrected chi connectivity index (χ1v) is 8.44. The van der Waals surface area contributed by atoms with Crippen LogP contribution in [0, 0.1) is 11.8 Å². The van der Waals surface area contributed by atoms with E-state index in [0.29, 0.717) is 35.3 Å². The number of carbonyl (C=O) groups excluding carboxylic acids is 1. The molecule has 0 heterocycles. The normalized spacial score (nSPS) is 9.72. The average molecular weight is 358 g/mol. The number of ether oxygens (including phenoxy) is 2. The minimum absolute atomic E-state index is 0.223. The summed E-state index contributed by atoms with van der Waals surface area (Å²) in [6.07, 6.45) is 0. The molecule has 0 fully saturated rings. The summed E-state index contributed by atoms with van der Waals surface area (Å²) in [4.78, 5) is 12.2. The van der Waals surface area contributed by atoms with Crippen LogP contribution < -0.4 is 14.8 Å². The van der Waals surface area contributed by atoms with Gasteiger partial charge in [-0.15, -0.1) is 0 Å². The van der Waals surface area contributed by atoms with Crippen LogP contribution in [0.25, 0.3) is 0 Å². The first kappa shape index (κ1) is 18.7. The van der Waals surface area contributed by atoms with E-state index in [2.05, 4.69) is 17.2 Å². The van der Waals surface area contributed by atoms with Crippen molar-refractivity contribution in [1.29, 1.82) is 0 Å². The van der Waals surface area contributed by atoms with Crippen LogP contribution in [-0.4, -0.2) is 25.7 Å². The van der Waals surface area contributed by atoms with Crippen LogP contribution in [0.5, 0.6) is 11.5 Å². The SMILES string of the molecule is CCOc1ccc(C(=O)NCC#Cc2ccccc2Cl)cc1OCC. The molecule has 1 N–H and O–H groups in total. The van der Waals surface area contributed by atoms with Crippen molar-refractivity contribution in [2.45, 2.75) is 13.8 Å². The molecule has 0 radical (unpaired) electrons. The molecule has 0 bridgehead atoms. The molecule has 2 rings (SSSR count). The number of amides is 1. The predicted octanol–water partition coefficient (Wildman–Crippen LogP) is 3.92. The highest BCUT2D eigenvalue weighted by Crippen LogP contribution is 2.28. The second-order valence-electron chi connectivity index (χ2n) is 4.99. The lowest BCUT2D eigenvalue weighted by Gasteiger charge is -2.12. The molecular weight excluding hydrogens is 338 g/mol. The molecule has 130 valence electrons. The highest BCUT2D eigenvalue weighted by atomic mass is 35.5. The average Bonchev–Trinajstić information content (AvgIpc) is 2.62. The van der Waals surface area contributed by atoms with Crippen LogP contribution >= 0.6 is 11.6 Å². The number of carbonyl (C=O) groups is 1. The van der Waals surface area contributed by atoms with E-state index in [1.165, 1.54) is 0 Å². The minimum atomic E-state index is -0.225. The molecule has 0 aliphatic rings. The van der Waals surface area contributed by atoms with Gasteiger partial charge in [-0.05, 0) is 44.2 Å². The second-order valence-corrected chi connectivity index (χ2v) is 5.40. The van der Waals surface area contributed by atoms with E-state index in [1.54, 1.807) is 24.3 Å². The van der Waals surface area contributed by atoms with Crippen molar-refractivity contribution >= 4 is 17.5 Å². The van der Waals surface area contributed by atoms with Crippen LogP contribution in [0.2, 0.25) is 5.02 Å². The molecule has 5 heteroatoms. The van der Waals surface area contributed by atoms with Gasteiger partial charge < -0.3 is 14.8 Å². The molecular formula is C20H20ClNO3. The van der Waals surface area contributed by atoms with Crippen molar-refractivity contribution in [3.8, 4) is 23.3 Å². The minimum Gasteiger partial charge on any atom is -0.490 e. The largest absolute Gasteiger partial charge is 0.490 e. The molecule has 2 aromatic carbocycles. The molecule has 0 aromatic heterocycles. The van der Waals surface area contributed by atoms with Crippen molar-refractivity contribution in [2.24, 2.45) is 0 Å². The summed E-state index contributed by atoms with van der Waals surface area (Å²) in [5, 5.41) is 3.35. The zero-order chi connectivity index (χ0) is 18.1. The van der Waals surface area contributed by atoms with Gasteiger partial charge >= 0.3 is 0 Å². The van der Waals surface area contributed by atoms with E-state index in [4.69, 9.17) is 21.1 Å². The number of halogens is 1. The summed E-state index contributed by atoms with van der Waals surface area (Å²) in [7, 11) is 0. The lowest BCUT2D eigenvalue weighted by molar-refractivity contribution is 0.0958. The first-order chi connectivity index (χ1) is 12.2. The highest BCUT2D eigenvalue weighted by Gasteiger charge is 2.10. The van der Waals surface area contributed by atoms with Gasteiger partial charge in [-0.2, -0.15) is 0 Å². The zero-order valence-electron chi connectivity index (χ0n) is 14.3. The van der Waals surface area contributed by atoms with E-state index in [0.717, 1.165) is 5.56 Å². The number of hydrogen-bond donors (Lipinski definition) is 1. The summed E-state index contributed by atoms with van der Waals surface area (Å²) in [6.45, 7) is 5.03. The Labute approximate surface area is 153 Å². The lowest BCUT2D eigenvalue weighted by atomic mass is 10.2. The molecule has 0 saturated carbocycles. The first-order valence-electron chi connectivity index (χ1n) is 8.07. The second kappa shape index (κ2) is 9.61. The number of nitrogens with one attached hydrogen (secondary N) is 1. The Morgan fingerprint density at radius 1 is 1.08 bits per heavy atom. The third-order valence-corrected chi connectivity index (χ3v) is 3.57. The summed E-state index contributed by atoms with van der Waals surface area (Å²) < 4.78 is 11.0. The molecule has 1 amide bonds. The molecule has 0 aliphatic heterocycles. The Kier molecular flexibility index (Phi) is 7.18. The topological polar surface area (TPSA) is 47.6 Å². The molecule has 0 atom stereocenters. The van der Waals surface area contributed by atoms with E-state index >= 15 is 0 Å². The van der Waals surface area contributed by atoms with Crippen LogP contribution in [0.1, 0.15) is 29.8 Å². The Morgan fingerprint density at radius 2 is 1.80 bits per heavy atom. The molecule has 4 nitrogen and oxygen atoms in total. The van der Waals surface area contributed by atoms with Crippen LogP contribution in [0.3, 0.4) is 0 Å². The van der Waals surface area contributed by atoms with Crippen molar-refractivity contribution < 1.29 is 14.3 Å². The maximum absolute atomic E-state index is 12.2. The molecule has 25 heavy (non-hydrogen) atoms. The molecule has 0 saturated heterocycles.